The summed E-state index contributed by atoms with van der Waals surface area (Å²) >= 11 is 0. The quantitative estimate of drug-likeness (QED) is 0.164. The maximum absolute atomic E-state index is 13.2. The summed E-state index contributed by atoms with van der Waals surface area (Å²) in [5, 5.41) is 22.5. The fourth-order valence-corrected chi connectivity index (χ4v) is 4.81. The van der Waals surface area contributed by atoms with Gasteiger partial charge in [0.05, 0.1) is 15.9 Å². The summed E-state index contributed by atoms with van der Waals surface area (Å²) in [5.41, 5.74) is -1.93. The second kappa shape index (κ2) is 12.5. The first-order valence-corrected chi connectivity index (χ1v) is 12.3. The molecule has 0 saturated carbocycles. The predicted molar refractivity (Wildman–Crippen MR) is 122 cm³/mol. The lowest BCUT2D eigenvalue weighted by Crippen LogP contribution is -2.66. The average Bonchev–Trinajstić information content (AvgIpc) is 2.80. The smallest absolute Gasteiger partial charge is 0.303 e. The van der Waals surface area contributed by atoms with E-state index in [1.54, 1.807) is 0 Å². The second-order valence-corrected chi connectivity index (χ2v) is 9.59. The van der Waals surface area contributed by atoms with Gasteiger partial charge >= 0.3 is 23.9 Å². The van der Waals surface area contributed by atoms with E-state index in [0.29, 0.717) is 18.2 Å². The maximum atomic E-state index is 13.2. The van der Waals surface area contributed by atoms with E-state index >= 15 is 0 Å². The average molecular weight is 577 g/mol. The molecule has 19 heteroatoms. The number of carbonyl (C=O) groups excluding carboxylic acids is 4. The third-order valence-corrected chi connectivity index (χ3v) is 6.37. The van der Waals surface area contributed by atoms with Gasteiger partial charge in [-0.2, -0.15) is 4.72 Å². The maximum Gasteiger partial charge on any atom is 0.303 e. The van der Waals surface area contributed by atoms with Gasteiger partial charge in [0.15, 0.2) is 29.4 Å². The van der Waals surface area contributed by atoms with E-state index < -0.39 is 97.3 Å². The molecule has 18 nitrogen and oxygen atoms in total. The van der Waals surface area contributed by atoms with Gasteiger partial charge in [-0.1, -0.05) is 0 Å². The van der Waals surface area contributed by atoms with E-state index in [0.717, 1.165) is 27.7 Å². The van der Waals surface area contributed by atoms with Gasteiger partial charge in [-0.05, 0) is 6.07 Å². The number of nitro groups is 2. The minimum atomic E-state index is -4.98. The Hall–Kier alpha value is -4.23. The zero-order chi connectivity index (χ0) is 29.7. The molecule has 1 aromatic rings. The van der Waals surface area contributed by atoms with Crippen molar-refractivity contribution in [1.82, 2.24) is 4.72 Å². The number of nitro benzene ring substituents is 2. The molecule has 0 spiro atoms. The molecule has 2 rings (SSSR count). The van der Waals surface area contributed by atoms with Crippen LogP contribution >= 0.6 is 0 Å². The van der Waals surface area contributed by atoms with Crippen LogP contribution in [0.5, 0.6) is 0 Å². The van der Waals surface area contributed by atoms with Crippen molar-refractivity contribution in [1.29, 1.82) is 0 Å². The number of nitrogens with zero attached hydrogens (tertiary/aromatic N) is 2. The zero-order valence-corrected chi connectivity index (χ0v) is 21.6. The first kappa shape index (κ1) is 31.0. The van der Waals surface area contributed by atoms with Crippen LogP contribution in [0.25, 0.3) is 0 Å². The Morgan fingerprint density at radius 2 is 1.41 bits per heavy atom. The molecule has 1 saturated heterocycles. The summed E-state index contributed by atoms with van der Waals surface area (Å²) in [6.45, 7) is 3.22. The lowest BCUT2D eigenvalue weighted by molar-refractivity contribution is -0.396. The number of non-ortho nitro benzene ring substituents is 1. The molecule has 1 aromatic carbocycles. The number of hydrogen-bond acceptors (Lipinski definition) is 15. The molecule has 0 radical (unpaired) electrons. The van der Waals surface area contributed by atoms with Crippen molar-refractivity contribution < 1.29 is 61.1 Å². The topological polar surface area (TPSA) is 247 Å². The van der Waals surface area contributed by atoms with Crippen LogP contribution < -0.4 is 4.72 Å². The highest BCUT2D eigenvalue weighted by Gasteiger charge is 2.53. The number of benzene rings is 1. The van der Waals surface area contributed by atoms with Crippen molar-refractivity contribution in [2.45, 2.75) is 63.2 Å². The van der Waals surface area contributed by atoms with E-state index in [2.05, 4.69) is 0 Å². The molecule has 0 aliphatic carbocycles. The Bertz CT molecular complexity index is 1280. The Morgan fingerprint density at radius 1 is 0.872 bits per heavy atom. The number of rotatable bonds is 10. The first-order valence-electron chi connectivity index (χ1n) is 10.8. The standard InChI is InChI=1S/C20H23N3O15S/c1-9(24)34-8-15-17(35-10(2)25)18(36-11(3)26)19(37-12(4)27)20(38-15)21-39(32,33)16-6-5-13(22(28)29)7-14(16)23(30)31/h5-7,15,17-21H,8H2,1-4H3/t15?,17-,18+,19?,20?/m1/s1. The molecule has 1 aliphatic heterocycles. The monoisotopic (exact) mass is 577 g/mol. The van der Waals surface area contributed by atoms with Crippen molar-refractivity contribution in [2.24, 2.45) is 0 Å². The minimum Gasteiger partial charge on any atom is -0.463 e. The van der Waals surface area contributed by atoms with Crippen molar-refractivity contribution >= 4 is 45.3 Å². The van der Waals surface area contributed by atoms with Crippen LogP contribution in [0.4, 0.5) is 11.4 Å². The Balaban J connectivity index is 2.62. The number of carbonyl (C=O) groups is 4. The molecule has 1 N–H and O–H groups in total. The molecule has 0 bridgehead atoms. The van der Waals surface area contributed by atoms with Gasteiger partial charge in [-0.3, -0.25) is 39.4 Å². The fourth-order valence-electron chi connectivity index (χ4n) is 3.53. The zero-order valence-electron chi connectivity index (χ0n) is 20.8. The fraction of sp³-hybridized carbons (Fsp3) is 0.500. The lowest BCUT2D eigenvalue weighted by Gasteiger charge is -2.44. The van der Waals surface area contributed by atoms with Crippen LogP contribution in [0.1, 0.15) is 27.7 Å². The summed E-state index contributed by atoms with van der Waals surface area (Å²) in [4.78, 5) is 66.2. The van der Waals surface area contributed by atoms with E-state index in [-0.39, 0.29) is 0 Å². The molecule has 5 atom stereocenters. The SMILES string of the molecule is CC(=O)OCC1OC(NS(=O)(=O)c2ccc([N+](=O)[O-])cc2[N+](=O)[O-])C(OC(C)=O)[C@@H](OC(C)=O)[C@@H]1OC(C)=O. The number of esters is 4. The highest BCUT2D eigenvalue weighted by atomic mass is 32.2. The lowest BCUT2D eigenvalue weighted by atomic mass is 9.97. The summed E-state index contributed by atoms with van der Waals surface area (Å²) in [5.74, 6) is -3.73. The molecule has 1 heterocycles. The predicted octanol–water partition coefficient (Wildman–Crippen LogP) is -0.136. The van der Waals surface area contributed by atoms with Gasteiger partial charge in [0, 0.05) is 33.8 Å². The van der Waals surface area contributed by atoms with Crippen molar-refractivity contribution in [3.05, 3.63) is 38.4 Å². The highest BCUT2D eigenvalue weighted by Crippen LogP contribution is 2.32. The molecule has 1 aliphatic rings. The molecule has 0 amide bonds. The van der Waals surface area contributed by atoms with Gasteiger partial charge in [-0.25, -0.2) is 8.42 Å². The van der Waals surface area contributed by atoms with Crippen molar-refractivity contribution in [3.8, 4) is 0 Å². The van der Waals surface area contributed by atoms with E-state index in [1.807, 2.05) is 4.72 Å². The molecule has 1 fully saturated rings. The van der Waals surface area contributed by atoms with Crippen LogP contribution in [0, 0.1) is 20.2 Å². The first-order chi connectivity index (χ1) is 18.0. The van der Waals surface area contributed by atoms with Gasteiger partial charge in [0.25, 0.3) is 11.4 Å². The molecular formula is C20H23N3O15S. The molecular weight excluding hydrogens is 554 g/mol. The minimum absolute atomic E-state index is 0.418. The van der Waals surface area contributed by atoms with Gasteiger partial charge in [0.1, 0.15) is 12.7 Å². The molecule has 0 aromatic heterocycles. The number of hydrogen-bond donors (Lipinski definition) is 1. The highest BCUT2D eigenvalue weighted by molar-refractivity contribution is 7.89. The van der Waals surface area contributed by atoms with E-state index in [9.17, 15) is 47.8 Å². The van der Waals surface area contributed by atoms with Crippen LogP contribution in [0.15, 0.2) is 23.1 Å². The normalized spacial score (nSPS) is 22.7. The molecule has 3 unspecified atom stereocenters. The van der Waals surface area contributed by atoms with Crippen molar-refractivity contribution in [3.63, 3.8) is 0 Å². The summed E-state index contributed by atoms with van der Waals surface area (Å²) in [7, 11) is -4.98. The van der Waals surface area contributed by atoms with Crippen LogP contribution in [-0.4, -0.2) is 79.4 Å². The summed E-state index contributed by atoms with van der Waals surface area (Å²) < 4.78 is 54.3. The molecule has 214 valence electrons. The summed E-state index contributed by atoms with van der Waals surface area (Å²) in [6, 6.07) is 1.72. The van der Waals surface area contributed by atoms with E-state index in [1.165, 1.54) is 0 Å². The van der Waals surface area contributed by atoms with Gasteiger partial charge < -0.3 is 23.7 Å². The second-order valence-electron chi connectivity index (χ2n) is 7.91. The Kier molecular flexibility index (Phi) is 9.97. The summed E-state index contributed by atoms with van der Waals surface area (Å²) in [6.07, 6.45) is -8.61. The van der Waals surface area contributed by atoms with Gasteiger partial charge in [-0.15, -0.1) is 0 Å². The van der Waals surface area contributed by atoms with E-state index in [4.69, 9.17) is 23.7 Å². The largest absolute Gasteiger partial charge is 0.463 e. The number of sulfonamides is 1. The number of ether oxygens (including phenoxy) is 5. The van der Waals surface area contributed by atoms with Crippen LogP contribution in [0.2, 0.25) is 0 Å². The van der Waals surface area contributed by atoms with Crippen LogP contribution in [-0.2, 0) is 52.9 Å². The number of nitrogens with one attached hydrogen (secondary N) is 1. The van der Waals surface area contributed by atoms with Crippen LogP contribution in [0.3, 0.4) is 0 Å². The van der Waals surface area contributed by atoms with Crippen molar-refractivity contribution in [2.75, 3.05) is 6.61 Å². The third-order valence-electron chi connectivity index (χ3n) is 4.90. The third kappa shape index (κ3) is 8.12. The van der Waals surface area contributed by atoms with Gasteiger partial charge in [0.2, 0.25) is 10.0 Å². The Labute approximate surface area is 219 Å². The Morgan fingerprint density at radius 3 is 1.90 bits per heavy atom. The molecule has 39 heavy (non-hydrogen) atoms.